The summed E-state index contributed by atoms with van der Waals surface area (Å²) in [4.78, 5) is 0. The Bertz CT molecular complexity index is 288. The van der Waals surface area contributed by atoms with Crippen molar-refractivity contribution in [1.82, 2.24) is 20.1 Å². The van der Waals surface area contributed by atoms with Gasteiger partial charge in [0.25, 0.3) is 0 Å². The Morgan fingerprint density at radius 2 is 2.36 bits per heavy atom. The fraction of sp³-hybridized carbons (Fsp3) is 0.800. The van der Waals surface area contributed by atoms with Crippen LogP contribution in [0, 0.1) is 5.92 Å². The van der Waals surface area contributed by atoms with Crippen LogP contribution in [-0.4, -0.2) is 27.4 Å². The molecule has 0 aromatic carbocycles. The second-order valence-corrected chi connectivity index (χ2v) is 4.34. The van der Waals surface area contributed by atoms with E-state index >= 15 is 0 Å². The Balaban J connectivity index is 1.66. The van der Waals surface area contributed by atoms with E-state index in [0.29, 0.717) is 0 Å². The van der Waals surface area contributed by atoms with E-state index in [1.807, 2.05) is 11.6 Å². The van der Waals surface area contributed by atoms with Crippen molar-refractivity contribution in [3.8, 4) is 0 Å². The number of hydrogen-bond acceptors (Lipinski definition) is 3. The second kappa shape index (κ2) is 4.09. The molecule has 1 aromatic rings. The molecule has 0 radical (unpaired) electrons. The van der Waals surface area contributed by atoms with Gasteiger partial charge in [-0.1, -0.05) is 6.92 Å². The van der Waals surface area contributed by atoms with Gasteiger partial charge in [-0.25, -0.2) is 0 Å². The fourth-order valence-corrected chi connectivity index (χ4v) is 1.99. The molecule has 0 atom stereocenters. The van der Waals surface area contributed by atoms with E-state index in [4.69, 9.17) is 0 Å². The van der Waals surface area contributed by atoms with Crippen LogP contribution in [0.2, 0.25) is 0 Å². The molecule has 4 heteroatoms. The highest BCUT2D eigenvalue weighted by molar-refractivity contribution is 4.87. The molecule has 0 saturated heterocycles. The SMILES string of the molecule is CC1CC(NCCc2nncn2C)C1. The molecule has 14 heavy (non-hydrogen) atoms. The molecule has 1 fully saturated rings. The molecular weight excluding hydrogens is 176 g/mol. The van der Waals surface area contributed by atoms with Crippen LogP contribution >= 0.6 is 0 Å². The highest BCUT2D eigenvalue weighted by Gasteiger charge is 2.24. The standard InChI is InChI=1S/C10H18N4/c1-8-5-9(6-8)11-4-3-10-13-12-7-14(10)2/h7-9,11H,3-6H2,1-2H3. The highest BCUT2D eigenvalue weighted by atomic mass is 15.2. The van der Waals surface area contributed by atoms with Crippen LogP contribution in [-0.2, 0) is 13.5 Å². The quantitative estimate of drug-likeness (QED) is 0.769. The van der Waals surface area contributed by atoms with E-state index < -0.39 is 0 Å². The second-order valence-electron chi connectivity index (χ2n) is 4.34. The molecule has 4 nitrogen and oxygen atoms in total. The first kappa shape index (κ1) is 9.65. The Labute approximate surface area is 84.7 Å². The third kappa shape index (κ3) is 2.12. The van der Waals surface area contributed by atoms with Crippen molar-refractivity contribution in [1.29, 1.82) is 0 Å². The lowest BCUT2D eigenvalue weighted by Gasteiger charge is -2.33. The van der Waals surface area contributed by atoms with Crippen LogP contribution in [0.5, 0.6) is 0 Å². The van der Waals surface area contributed by atoms with Gasteiger partial charge in [-0.05, 0) is 18.8 Å². The van der Waals surface area contributed by atoms with Crippen molar-refractivity contribution in [2.24, 2.45) is 13.0 Å². The van der Waals surface area contributed by atoms with Crippen molar-refractivity contribution >= 4 is 0 Å². The monoisotopic (exact) mass is 194 g/mol. The van der Waals surface area contributed by atoms with Gasteiger partial charge >= 0.3 is 0 Å². The van der Waals surface area contributed by atoms with Gasteiger partial charge < -0.3 is 9.88 Å². The van der Waals surface area contributed by atoms with E-state index in [2.05, 4.69) is 22.4 Å². The predicted molar refractivity (Wildman–Crippen MR) is 54.9 cm³/mol. The summed E-state index contributed by atoms with van der Waals surface area (Å²) in [5.74, 6) is 1.98. The Morgan fingerprint density at radius 3 is 2.93 bits per heavy atom. The van der Waals surface area contributed by atoms with E-state index in [9.17, 15) is 0 Å². The van der Waals surface area contributed by atoms with Crippen molar-refractivity contribution < 1.29 is 0 Å². The minimum atomic E-state index is 0.748. The molecular formula is C10H18N4. The summed E-state index contributed by atoms with van der Waals surface area (Å²) in [6.07, 6.45) is 5.39. The largest absolute Gasteiger partial charge is 0.321 e. The molecule has 1 saturated carbocycles. The molecule has 1 aliphatic rings. The first-order valence-corrected chi connectivity index (χ1v) is 5.32. The lowest BCUT2D eigenvalue weighted by atomic mass is 9.82. The number of aryl methyl sites for hydroxylation is 1. The third-order valence-electron chi connectivity index (χ3n) is 2.96. The Morgan fingerprint density at radius 1 is 1.57 bits per heavy atom. The van der Waals surface area contributed by atoms with Gasteiger partial charge in [-0.2, -0.15) is 0 Å². The van der Waals surface area contributed by atoms with Crippen LogP contribution < -0.4 is 5.32 Å². The summed E-state index contributed by atoms with van der Waals surface area (Å²) >= 11 is 0. The molecule has 0 amide bonds. The van der Waals surface area contributed by atoms with Crippen LogP contribution in [0.4, 0.5) is 0 Å². The summed E-state index contributed by atoms with van der Waals surface area (Å²) in [7, 11) is 1.99. The Kier molecular flexibility index (Phi) is 2.82. The molecule has 0 spiro atoms. The third-order valence-corrected chi connectivity index (χ3v) is 2.96. The molecule has 0 bridgehead atoms. The molecule has 78 valence electrons. The van der Waals surface area contributed by atoms with Gasteiger partial charge in [0, 0.05) is 26.1 Å². The van der Waals surface area contributed by atoms with Gasteiger partial charge in [0.15, 0.2) is 0 Å². The first-order chi connectivity index (χ1) is 6.75. The maximum absolute atomic E-state index is 4.04. The summed E-state index contributed by atoms with van der Waals surface area (Å²) in [6.45, 7) is 3.32. The van der Waals surface area contributed by atoms with Crippen LogP contribution in [0.25, 0.3) is 0 Å². The zero-order valence-corrected chi connectivity index (χ0v) is 8.90. The predicted octanol–water partition coefficient (Wildman–Crippen LogP) is 0.746. The van der Waals surface area contributed by atoms with E-state index in [1.165, 1.54) is 12.8 Å². The smallest absolute Gasteiger partial charge is 0.133 e. The van der Waals surface area contributed by atoms with Crippen LogP contribution in [0.3, 0.4) is 0 Å². The average Bonchev–Trinajstić information content (AvgIpc) is 2.49. The van der Waals surface area contributed by atoms with E-state index in [-0.39, 0.29) is 0 Å². The maximum atomic E-state index is 4.04. The summed E-state index contributed by atoms with van der Waals surface area (Å²) in [6, 6.07) is 0.748. The lowest BCUT2D eigenvalue weighted by molar-refractivity contribution is 0.242. The van der Waals surface area contributed by atoms with Gasteiger partial charge in [0.2, 0.25) is 0 Å². The van der Waals surface area contributed by atoms with Crippen molar-refractivity contribution in [3.63, 3.8) is 0 Å². The molecule has 0 aliphatic heterocycles. The first-order valence-electron chi connectivity index (χ1n) is 5.32. The van der Waals surface area contributed by atoms with Crippen LogP contribution in [0.1, 0.15) is 25.6 Å². The number of hydrogen-bond donors (Lipinski definition) is 1. The summed E-state index contributed by atoms with van der Waals surface area (Å²) in [5.41, 5.74) is 0. The van der Waals surface area contributed by atoms with Gasteiger partial charge in [0.05, 0.1) is 0 Å². The number of nitrogens with one attached hydrogen (secondary N) is 1. The number of aromatic nitrogens is 3. The van der Waals surface area contributed by atoms with Gasteiger partial charge in [-0.15, -0.1) is 10.2 Å². The molecule has 0 unspecified atom stereocenters. The highest BCUT2D eigenvalue weighted by Crippen LogP contribution is 2.25. The minimum Gasteiger partial charge on any atom is -0.321 e. The zero-order chi connectivity index (χ0) is 9.97. The summed E-state index contributed by atoms with van der Waals surface area (Å²) in [5, 5.41) is 11.4. The van der Waals surface area contributed by atoms with Crippen LogP contribution in [0.15, 0.2) is 6.33 Å². The summed E-state index contributed by atoms with van der Waals surface area (Å²) < 4.78 is 1.98. The topological polar surface area (TPSA) is 42.7 Å². The fourth-order valence-electron chi connectivity index (χ4n) is 1.99. The minimum absolute atomic E-state index is 0.748. The van der Waals surface area contributed by atoms with Gasteiger partial charge in [0.1, 0.15) is 12.2 Å². The maximum Gasteiger partial charge on any atom is 0.133 e. The number of rotatable bonds is 4. The Hall–Kier alpha value is -0.900. The van der Waals surface area contributed by atoms with E-state index in [1.54, 1.807) is 6.33 Å². The molecule has 1 aliphatic carbocycles. The van der Waals surface area contributed by atoms with E-state index in [0.717, 1.165) is 30.7 Å². The average molecular weight is 194 g/mol. The van der Waals surface area contributed by atoms with Crippen molar-refractivity contribution in [2.45, 2.75) is 32.2 Å². The molecule has 2 rings (SSSR count). The van der Waals surface area contributed by atoms with Gasteiger partial charge in [-0.3, -0.25) is 0 Å². The molecule has 1 N–H and O–H groups in total. The zero-order valence-electron chi connectivity index (χ0n) is 8.90. The lowest BCUT2D eigenvalue weighted by Crippen LogP contribution is -2.41. The molecule has 1 aromatic heterocycles. The molecule has 1 heterocycles. The van der Waals surface area contributed by atoms with Crippen molar-refractivity contribution in [2.75, 3.05) is 6.54 Å². The number of nitrogens with zero attached hydrogens (tertiary/aromatic N) is 3. The normalized spacial score (nSPS) is 26.1. The van der Waals surface area contributed by atoms with Crippen molar-refractivity contribution in [3.05, 3.63) is 12.2 Å².